The van der Waals surface area contributed by atoms with Crippen molar-refractivity contribution in [3.8, 4) is 0 Å². The highest BCUT2D eigenvalue weighted by molar-refractivity contribution is 8.02. The van der Waals surface area contributed by atoms with Crippen molar-refractivity contribution < 1.29 is 0 Å². The lowest BCUT2D eigenvalue weighted by Crippen LogP contribution is -2.64. The molecule has 0 aliphatic heterocycles. The van der Waals surface area contributed by atoms with Crippen molar-refractivity contribution in [2.75, 3.05) is 7.05 Å². The van der Waals surface area contributed by atoms with Crippen molar-refractivity contribution in [2.45, 2.75) is 50.5 Å². The molecule has 0 bridgehead atoms. The average molecular weight is 268 g/mol. The fraction of sp³-hybridized carbons (Fsp3) is 1.00. The Morgan fingerprint density at radius 3 is 1.13 bits per heavy atom. The maximum absolute atomic E-state index is 4.81. The van der Waals surface area contributed by atoms with E-state index in [2.05, 4.69) is 46.9 Å². The van der Waals surface area contributed by atoms with Crippen molar-refractivity contribution >= 4 is 37.9 Å². The molecule has 0 aromatic heterocycles. The standard InChI is InChI=1S/C11H25NS3/c1-8(2,3)10(13,12-7)11(14,15)9(4,5)6/h12-15H,1-7H3. The Morgan fingerprint density at radius 1 is 0.733 bits per heavy atom. The van der Waals surface area contributed by atoms with Crippen LogP contribution in [0.1, 0.15) is 41.5 Å². The minimum absolute atomic E-state index is 0.0539. The van der Waals surface area contributed by atoms with Gasteiger partial charge >= 0.3 is 0 Å². The van der Waals surface area contributed by atoms with Crippen molar-refractivity contribution in [3.05, 3.63) is 0 Å². The summed E-state index contributed by atoms with van der Waals surface area (Å²) >= 11 is 14.3. The lowest BCUT2D eigenvalue weighted by Gasteiger charge is -2.55. The van der Waals surface area contributed by atoms with Gasteiger partial charge in [0.05, 0.1) is 8.95 Å². The van der Waals surface area contributed by atoms with Gasteiger partial charge in [-0.05, 0) is 17.9 Å². The summed E-state index contributed by atoms with van der Waals surface area (Å²) in [7, 11) is 1.91. The van der Waals surface area contributed by atoms with E-state index in [1.54, 1.807) is 0 Å². The number of nitrogens with one attached hydrogen (secondary N) is 1. The SMILES string of the molecule is CNC(S)(C(C)(C)C)C(S)(S)C(C)(C)C. The Balaban J connectivity index is 5.50. The van der Waals surface area contributed by atoms with E-state index in [1.807, 2.05) is 7.05 Å². The van der Waals surface area contributed by atoms with Crippen LogP contribution in [-0.4, -0.2) is 16.0 Å². The van der Waals surface area contributed by atoms with Gasteiger partial charge in [0.15, 0.2) is 0 Å². The molecule has 0 fully saturated rings. The smallest absolute Gasteiger partial charge is 0.0904 e. The van der Waals surface area contributed by atoms with Crippen LogP contribution in [0.15, 0.2) is 0 Å². The lowest BCUT2D eigenvalue weighted by molar-refractivity contribution is 0.170. The maximum Gasteiger partial charge on any atom is 0.0904 e. The molecular formula is C11H25NS3. The lowest BCUT2D eigenvalue weighted by atomic mass is 9.75. The molecule has 0 aromatic rings. The summed E-state index contributed by atoms with van der Waals surface area (Å²) in [5.41, 5.74) is -0.126. The van der Waals surface area contributed by atoms with Crippen LogP contribution in [0.5, 0.6) is 0 Å². The van der Waals surface area contributed by atoms with E-state index in [0.717, 1.165) is 0 Å². The third-order valence-electron chi connectivity index (χ3n) is 3.00. The zero-order valence-electron chi connectivity index (χ0n) is 10.8. The summed E-state index contributed by atoms with van der Waals surface area (Å²) in [4.78, 5) is -0.468. The molecule has 0 spiro atoms. The minimum Gasteiger partial charge on any atom is -0.304 e. The Labute approximate surface area is 111 Å². The number of rotatable bonds is 2. The highest BCUT2D eigenvalue weighted by atomic mass is 32.2. The molecule has 1 N–H and O–H groups in total. The van der Waals surface area contributed by atoms with E-state index < -0.39 is 8.95 Å². The predicted molar refractivity (Wildman–Crippen MR) is 80.4 cm³/mol. The summed E-state index contributed by atoms with van der Waals surface area (Å²) < 4.78 is -0.532. The molecule has 0 saturated carbocycles. The van der Waals surface area contributed by atoms with E-state index in [1.165, 1.54) is 0 Å². The molecule has 0 aliphatic carbocycles. The second-order valence-electron chi connectivity index (χ2n) is 6.13. The molecule has 1 atom stereocenters. The van der Waals surface area contributed by atoms with Crippen molar-refractivity contribution in [2.24, 2.45) is 10.8 Å². The van der Waals surface area contributed by atoms with E-state index >= 15 is 0 Å². The van der Waals surface area contributed by atoms with Crippen LogP contribution >= 0.6 is 37.9 Å². The fourth-order valence-corrected chi connectivity index (χ4v) is 2.84. The molecule has 0 heterocycles. The van der Waals surface area contributed by atoms with Gasteiger partial charge in [0.25, 0.3) is 0 Å². The Morgan fingerprint density at radius 2 is 1.07 bits per heavy atom. The van der Waals surface area contributed by atoms with Crippen LogP contribution in [-0.2, 0) is 0 Å². The first kappa shape index (κ1) is 16.0. The van der Waals surface area contributed by atoms with Gasteiger partial charge in [-0.25, -0.2) is 0 Å². The quantitative estimate of drug-likeness (QED) is 0.444. The second kappa shape index (κ2) is 4.35. The van der Waals surface area contributed by atoms with Gasteiger partial charge in [-0.2, -0.15) is 37.9 Å². The Bertz CT molecular complexity index is 225. The second-order valence-corrected chi connectivity index (χ2v) is 8.50. The zero-order chi connectivity index (χ0) is 12.7. The third-order valence-corrected chi connectivity index (χ3v) is 6.59. The molecule has 92 valence electrons. The van der Waals surface area contributed by atoms with Crippen LogP contribution in [0, 0.1) is 10.8 Å². The van der Waals surface area contributed by atoms with Crippen LogP contribution in [0.25, 0.3) is 0 Å². The topological polar surface area (TPSA) is 12.0 Å². The van der Waals surface area contributed by atoms with E-state index in [0.29, 0.717) is 0 Å². The molecule has 0 radical (unpaired) electrons. The fourth-order valence-electron chi connectivity index (χ4n) is 1.61. The van der Waals surface area contributed by atoms with E-state index in [-0.39, 0.29) is 10.8 Å². The third kappa shape index (κ3) is 2.64. The molecular weight excluding hydrogens is 242 g/mol. The first-order valence-corrected chi connectivity index (χ1v) is 6.51. The molecule has 0 aliphatic rings. The summed E-state index contributed by atoms with van der Waals surface area (Å²) in [6.45, 7) is 12.8. The van der Waals surface area contributed by atoms with Gasteiger partial charge in [0, 0.05) is 0 Å². The number of hydrogen-bond donors (Lipinski definition) is 4. The normalized spacial score (nSPS) is 18.8. The first-order chi connectivity index (χ1) is 6.31. The number of thiol groups is 3. The molecule has 0 saturated heterocycles. The Hall–Kier alpha value is 1.01. The van der Waals surface area contributed by atoms with Gasteiger partial charge in [0.1, 0.15) is 0 Å². The van der Waals surface area contributed by atoms with Crippen molar-refractivity contribution in [1.82, 2.24) is 5.32 Å². The first-order valence-electron chi connectivity index (χ1n) is 5.17. The maximum atomic E-state index is 4.81. The summed E-state index contributed by atoms with van der Waals surface area (Å²) in [5.74, 6) is 0. The molecule has 0 rings (SSSR count). The summed E-state index contributed by atoms with van der Waals surface area (Å²) in [5, 5.41) is 3.28. The minimum atomic E-state index is -0.532. The molecule has 0 amide bonds. The van der Waals surface area contributed by atoms with Crippen molar-refractivity contribution in [1.29, 1.82) is 0 Å². The van der Waals surface area contributed by atoms with Gasteiger partial charge in [-0.1, -0.05) is 41.5 Å². The van der Waals surface area contributed by atoms with Gasteiger partial charge in [-0.15, -0.1) is 0 Å². The van der Waals surface area contributed by atoms with Gasteiger partial charge in [-0.3, -0.25) is 0 Å². The van der Waals surface area contributed by atoms with E-state index in [4.69, 9.17) is 37.9 Å². The number of hydrogen-bond acceptors (Lipinski definition) is 4. The molecule has 4 heteroatoms. The van der Waals surface area contributed by atoms with Gasteiger partial charge < -0.3 is 5.32 Å². The zero-order valence-corrected chi connectivity index (χ0v) is 13.5. The van der Waals surface area contributed by atoms with E-state index in [9.17, 15) is 0 Å². The predicted octanol–water partition coefficient (Wildman–Crippen LogP) is 3.48. The molecule has 1 nitrogen and oxygen atoms in total. The molecule has 15 heavy (non-hydrogen) atoms. The average Bonchev–Trinajstić information content (AvgIpc) is 1.98. The van der Waals surface area contributed by atoms with Crippen LogP contribution < -0.4 is 5.32 Å². The molecule has 1 unspecified atom stereocenters. The van der Waals surface area contributed by atoms with Crippen molar-refractivity contribution in [3.63, 3.8) is 0 Å². The largest absolute Gasteiger partial charge is 0.304 e. The highest BCUT2D eigenvalue weighted by Gasteiger charge is 2.56. The summed E-state index contributed by atoms with van der Waals surface area (Å²) in [6, 6.07) is 0. The van der Waals surface area contributed by atoms with Crippen LogP contribution in [0.4, 0.5) is 0 Å². The van der Waals surface area contributed by atoms with Gasteiger partial charge in [0.2, 0.25) is 0 Å². The monoisotopic (exact) mass is 267 g/mol. The molecule has 0 aromatic carbocycles. The Kier molecular flexibility index (Phi) is 4.65. The van der Waals surface area contributed by atoms with Crippen LogP contribution in [0.3, 0.4) is 0 Å². The van der Waals surface area contributed by atoms with Crippen LogP contribution in [0.2, 0.25) is 0 Å². The highest BCUT2D eigenvalue weighted by Crippen LogP contribution is 2.55. The summed E-state index contributed by atoms with van der Waals surface area (Å²) in [6.07, 6.45) is 0.